The van der Waals surface area contributed by atoms with Crippen LogP contribution in [0.15, 0.2) is 273 Å². The molecular formula is C69H61FN4. The molecule has 4 N–H and O–H groups in total. The lowest BCUT2D eigenvalue weighted by Gasteiger charge is -2.10. The quantitative estimate of drug-likeness (QED) is 0.104. The van der Waals surface area contributed by atoms with Gasteiger partial charge in [-0.3, -0.25) is 0 Å². The van der Waals surface area contributed by atoms with Gasteiger partial charge in [0.15, 0.2) is 0 Å². The van der Waals surface area contributed by atoms with Crippen LogP contribution in [0.1, 0.15) is 37.5 Å². The van der Waals surface area contributed by atoms with Crippen LogP contribution in [0.4, 0.5) is 49.9 Å². The number of rotatable bonds is 11. The van der Waals surface area contributed by atoms with Crippen LogP contribution >= 0.6 is 0 Å². The molecule has 4 nitrogen and oxygen atoms in total. The van der Waals surface area contributed by atoms with Gasteiger partial charge in [0.2, 0.25) is 0 Å². The van der Waals surface area contributed by atoms with Gasteiger partial charge in [-0.25, -0.2) is 4.39 Å². The Hall–Kier alpha value is -9.45. The van der Waals surface area contributed by atoms with Crippen LogP contribution in [0.25, 0.3) is 50.5 Å². The molecule has 0 aliphatic heterocycles. The van der Waals surface area contributed by atoms with Gasteiger partial charge in [-0.05, 0) is 145 Å². The molecule has 0 aliphatic rings. The van der Waals surface area contributed by atoms with Crippen molar-refractivity contribution in [2.24, 2.45) is 0 Å². The molecule has 0 bridgehead atoms. The van der Waals surface area contributed by atoms with Gasteiger partial charge in [-0.2, -0.15) is 0 Å². The van der Waals surface area contributed by atoms with Crippen molar-refractivity contribution in [3.63, 3.8) is 0 Å². The van der Waals surface area contributed by atoms with Crippen LogP contribution in [0.2, 0.25) is 0 Å². The fourth-order valence-corrected chi connectivity index (χ4v) is 8.30. The highest BCUT2D eigenvalue weighted by Crippen LogP contribution is 2.29. The smallest absolute Gasteiger partial charge is 0.123 e. The second-order valence-electron chi connectivity index (χ2n) is 17.3. The van der Waals surface area contributed by atoms with Crippen LogP contribution in [0.5, 0.6) is 0 Å². The van der Waals surface area contributed by atoms with E-state index in [-0.39, 0.29) is 5.82 Å². The fraction of sp³-hybridized carbons (Fsp3) is 0.0435. The van der Waals surface area contributed by atoms with Gasteiger partial charge in [0.05, 0.1) is 0 Å². The van der Waals surface area contributed by atoms with Gasteiger partial charge in [-0.1, -0.05) is 200 Å². The summed E-state index contributed by atoms with van der Waals surface area (Å²) >= 11 is 0. The Bertz CT molecular complexity index is 3500. The van der Waals surface area contributed by atoms with E-state index in [2.05, 4.69) is 228 Å². The summed E-state index contributed by atoms with van der Waals surface area (Å²) in [7, 11) is 0. The van der Waals surface area contributed by atoms with Crippen molar-refractivity contribution in [2.45, 2.75) is 20.8 Å². The highest BCUT2D eigenvalue weighted by molar-refractivity contribution is 5.97. The Morgan fingerprint density at radius 3 is 0.865 bits per heavy atom. The summed E-state index contributed by atoms with van der Waals surface area (Å²) in [6.07, 6.45) is 12.4. The number of anilines is 8. The third kappa shape index (κ3) is 14.8. The number of para-hydroxylation sites is 1. The molecule has 0 unspecified atom stereocenters. The number of halogens is 1. The van der Waals surface area contributed by atoms with E-state index in [9.17, 15) is 4.39 Å². The van der Waals surface area contributed by atoms with Gasteiger partial charge in [0.25, 0.3) is 0 Å². The van der Waals surface area contributed by atoms with Gasteiger partial charge < -0.3 is 21.3 Å². The fourth-order valence-electron chi connectivity index (χ4n) is 8.30. The molecule has 0 fully saturated rings. The largest absolute Gasteiger partial charge is 0.356 e. The first-order valence-electron chi connectivity index (χ1n) is 24.9. The van der Waals surface area contributed by atoms with Gasteiger partial charge in [-0.15, -0.1) is 0 Å². The maximum Gasteiger partial charge on any atom is 0.123 e. The average Bonchev–Trinajstić information content (AvgIpc) is 3.45. The predicted molar refractivity (Wildman–Crippen MR) is 321 cm³/mol. The molecule has 0 aromatic heterocycles. The van der Waals surface area contributed by atoms with Crippen LogP contribution in [0, 0.1) is 5.82 Å². The van der Waals surface area contributed by atoms with Crippen LogP contribution in [-0.2, 0) is 0 Å². The summed E-state index contributed by atoms with van der Waals surface area (Å²) in [6, 6.07) is 85.6. The lowest BCUT2D eigenvalue weighted by Crippen LogP contribution is -1.91. The zero-order valence-electron chi connectivity index (χ0n) is 42.1. The third-order valence-corrected chi connectivity index (χ3v) is 11.9. The summed E-state index contributed by atoms with van der Waals surface area (Å²) in [5.74, 6) is -0.224. The van der Waals surface area contributed by atoms with E-state index in [0.717, 1.165) is 50.9 Å². The lowest BCUT2D eigenvalue weighted by molar-refractivity contribution is 0.628. The first-order chi connectivity index (χ1) is 36.4. The highest BCUT2D eigenvalue weighted by Gasteiger charge is 2.04. The van der Waals surface area contributed by atoms with Crippen molar-refractivity contribution in [3.8, 4) is 0 Å². The zero-order chi connectivity index (χ0) is 51.2. The van der Waals surface area contributed by atoms with Gasteiger partial charge in [0, 0.05) is 61.7 Å². The molecule has 0 atom stereocenters. The Labute approximate surface area is 435 Å². The van der Waals surface area contributed by atoms with Crippen LogP contribution < -0.4 is 21.3 Å². The maximum atomic E-state index is 12.9. The lowest BCUT2D eigenvalue weighted by atomic mass is 10.1. The van der Waals surface area contributed by atoms with Crippen LogP contribution in [-0.4, -0.2) is 0 Å². The van der Waals surface area contributed by atoms with Crippen molar-refractivity contribution in [1.82, 2.24) is 0 Å². The molecular weight excluding hydrogens is 904 g/mol. The summed E-state index contributed by atoms with van der Waals surface area (Å²) in [4.78, 5) is 0. The molecule has 5 heteroatoms. The second kappa shape index (κ2) is 26.7. The number of allylic oxidation sites excluding steroid dienone is 3. The van der Waals surface area contributed by atoms with Crippen molar-refractivity contribution in [1.29, 1.82) is 0 Å². The maximum absolute atomic E-state index is 12.9. The number of benzene rings is 11. The number of fused-ring (bicyclic) bond motifs is 3. The molecule has 74 heavy (non-hydrogen) atoms. The van der Waals surface area contributed by atoms with E-state index >= 15 is 0 Å². The zero-order valence-corrected chi connectivity index (χ0v) is 42.1. The third-order valence-electron chi connectivity index (χ3n) is 11.9. The standard InChI is InChI=1S/C19H17N.C18H19N.C16H12FN.C16H13N/c1-2-6-15-11-13-17(14-12-15)20-19-10-5-8-16-7-3-4-9-18(16)19;1-3-5-15-7-11-17(12-8-15)19-18-13-9-16(6-4-2)10-14-18;17-13-8-10-14(11-9-13)18-16-7-3-5-12-4-1-2-6-15(12)16;1-2-9-14(10-3-1)17-16-12-6-8-13-7-4-5-11-15(13)16/h2-14,20H,1H3;3-14,19H,1-2H3;1-11,18H;1-12,17H/b6-2+;5-3+,6-4+;;. The molecule has 364 valence electrons. The Morgan fingerprint density at radius 1 is 0.257 bits per heavy atom. The molecule has 0 aliphatic carbocycles. The summed E-state index contributed by atoms with van der Waals surface area (Å²) in [5, 5.41) is 21.0. The predicted octanol–water partition coefficient (Wildman–Crippen LogP) is 20.4. The molecule has 0 radical (unpaired) electrons. The minimum atomic E-state index is -0.224. The van der Waals surface area contributed by atoms with E-state index in [1.807, 2.05) is 81.5 Å². The van der Waals surface area contributed by atoms with Gasteiger partial charge in [0.1, 0.15) is 5.82 Å². The molecule has 11 aromatic carbocycles. The van der Waals surface area contributed by atoms with Gasteiger partial charge >= 0.3 is 0 Å². The van der Waals surface area contributed by atoms with Crippen molar-refractivity contribution in [3.05, 3.63) is 296 Å². The number of nitrogens with one attached hydrogen (secondary N) is 4. The first kappa shape index (κ1) is 50.9. The van der Waals surface area contributed by atoms with E-state index in [4.69, 9.17) is 0 Å². The molecule has 0 spiro atoms. The van der Waals surface area contributed by atoms with Crippen LogP contribution in [0.3, 0.4) is 0 Å². The normalized spacial score (nSPS) is 10.8. The number of hydrogen-bond acceptors (Lipinski definition) is 4. The molecule has 11 rings (SSSR count). The topological polar surface area (TPSA) is 48.1 Å². The monoisotopic (exact) mass is 964 g/mol. The minimum absolute atomic E-state index is 0.224. The van der Waals surface area contributed by atoms with E-state index < -0.39 is 0 Å². The number of hydrogen-bond donors (Lipinski definition) is 4. The SMILES string of the molecule is C/C=C/c1ccc(Nc2ccc(/C=C/C)cc2)cc1.C/C=C/c1ccc(Nc2cccc3ccccc23)cc1.Fc1ccc(Nc2cccc3ccccc23)cc1.c1ccc(Nc2cccc3ccccc23)cc1. The van der Waals surface area contributed by atoms with E-state index in [1.165, 1.54) is 55.8 Å². The molecule has 0 heterocycles. The Balaban J connectivity index is 0.000000132. The Kier molecular flexibility index (Phi) is 18.4. The first-order valence-corrected chi connectivity index (χ1v) is 24.9. The Morgan fingerprint density at radius 2 is 0.527 bits per heavy atom. The molecule has 0 saturated carbocycles. The van der Waals surface area contributed by atoms with E-state index in [1.54, 1.807) is 12.1 Å². The van der Waals surface area contributed by atoms with Crippen molar-refractivity contribution in [2.75, 3.05) is 21.3 Å². The minimum Gasteiger partial charge on any atom is -0.356 e. The summed E-state index contributed by atoms with van der Waals surface area (Å²) < 4.78 is 12.9. The second-order valence-corrected chi connectivity index (χ2v) is 17.3. The van der Waals surface area contributed by atoms with Crippen molar-refractivity contribution < 1.29 is 4.39 Å². The van der Waals surface area contributed by atoms with E-state index in [0.29, 0.717) is 0 Å². The molecule has 0 saturated heterocycles. The molecule has 0 amide bonds. The van der Waals surface area contributed by atoms with Crippen molar-refractivity contribution >= 4 is 96.0 Å². The average molecular weight is 965 g/mol. The summed E-state index contributed by atoms with van der Waals surface area (Å²) in [6.45, 7) is 6.08. The molecule has 11 aromatic rings. The highest BCUT2D eigenvalue weighted by atomic mass is 19.1. The summed E-state index contributed by atoms with van der Waals surface area (Å²) in [5.41, 5.74) is 12.3.